The molecule has 2 aromatic carbocycles. The van der Waals surface area contributed by atoms with Crippen LogP contribution in [0, 0.1) is 5.92 Å². The summed E-state index contributed by atoms with van der Waals surface area (Å²) in [6.07, 6.45) is 2.62. The number of sulfonamides is 1. The Balaban J connectivity index is 1.83. The van der Waals surface area contributed by atoms with Crippen molar-refractivity contribution in [2.24, 2.45) is 5.92 Å². The lowest BCUT2D eigenvalue weighted by Gasteiger charge is -2.29. The van der Waals surface area contributed by atoms with E-state index in [1.54, 1.807) is 17.0 Å². The highest BCUT2D eigenvalue weighted by atomic mass is 32.2. The van der Waals surface area contributed by atoms with Crippen LogP contribution in [0.25, 0.3) is 0 Å². The lowest BCUT2D eigenvalue weighted by atomic mass is 10.0. The summed E-state index contributed by atoms with van der Waals surface area (Å²) in [6.45, 7) is 5.12. The van der Waals surface area contributed by atoms with Gasteiger partial charge in [0.05, 0.1) is 4.90 Å². The van der Waals surface area contributed by atoms with Crippen molar-refractivity contribution in [3.8, 4) is 0 Å². The van der Waals surface area contributed by atoms with E-state index in [1.807, 2.05) is 38.1 Å². The Morgan fingerprint density at radius 3 is 2.70 bits per heavy atom. The third-order valence-corrected chi connectivity index (χ3v) is 6.22. The zero-order valence-electron chi connectivity index (χ0n) is 15.8. The topological polar surface area (TPSA) is 66.5 Å². The van der Waals surface area contributed by atoms with Crippen molar-refractivity contribution in [1.82, 2.24) is 4.72 Å². The number of para-hydroxylation sites is 1. The zero-order chi connectivity index (χ0) is 19.4. The van der Waals surface area contributed by atoms with Crippen molar-refractivity contribution in [2.75, 3.05) is 18.0 Å². The Labute approximate surface area is 161 Å². The van der Waals surface area contributed by atoms with Crippen LogP contribution in [0.3, 0.4) is 0 Å². The second kappa shape index (κ2) is 8.23. The number of carbonyl (C=O) groups is 1. The SMILES string of the molecule is CC(C)CCNS(=O)(=O)c1cccc(C(=O)N2CCCc3ccccc32)c1. The minimum atomic E-state index is -3.62. The van der Waals surface area contributed by atoms with Crippen LogP contribution in [0.15, 0.2) is 53.4 Å². The highest BCUT2D eigenvalue weighted by molar-refractivity contribution is 7.89. The van der Waals surface area contributed by atoms with Crippen LogP contribution in [0.1, 0.15) is 42.6 Å². The van der Waals surface area contributed by atoms with Gasteiger partial charge in [0.1, 0.15) is 0 Å². The van der Waals surface area contributed by atoms with E-state index in [0.29, 0.717) is 24.6 Å². The quantitative estimate of drug-likeness (QED) is 0.825. The smallest absolute Gasteiger partial charge is 0.258 e. The summed E-state index contributed by atoms with van der Waals surface area (Å²) in [5.74, 6) is 0.251. The molecule has 6 heteroatoms. The first kappa shape index (κ1) is 19.6. The van der Waals surface area contributed by atoms with Gasteiger partial charge < -0.3 is 4.90 Å². The molecular formula is C21H26N2O3S. The molecule has 0 spiro atoms. The third-order valence-electron chi connectivity index (χ3n) is 4.76. The van der Waals surface area contributed by atoms with Crippen molar-refractivity contribution in [3.63, 3.8) is 0 Å². The average Bonchev–Trinajstić information content (AvgIpc) is 2.66. The van der Waals surface area contributed by atoms with Gasteiger partial charge in [-0.2, -0.15) is 0 Å². The molecule has 0 saturated heterocycles. The minimum Gasteiger partial charge on any atom is -0.308 e. The van der Waals surface area contributed by atoms with E-state index in [9.17, 15) is 13.2 Å². The number of nitrogens with zero attached hydrogens (tertiary/aromatic N) is 1. The monoisotopic (exact) mass is 386 g/mol. The molecule has 5 nitrogen and oxygen atoms in total. The standard InChI is InChI=1S/C21H26N2O3S/c1-16(2)12-13-22-27(25,26)19-10-5-8-18(15-19)21(24)23-14-6-9-17-7-3-4-11-20(17)23/h3-5,7-8,10-11,15-16,22H,6,9,12-14H2,1-2H3. The summed E-state index contributed by atoms with van der Waals surface area (Å²) in [5, 5.41) is 0. The number of anilines is 1. The number of nitrogens with one attached hydrogen (secondary N) is 1. The van der Waals surface area contributed by atoms with Gasteiger partial charge in [-0.25, -0.2) is 13.1 Å². The second-order valence-electron chi connectivity index (χ2n) is 7.30. The predicted molar refractivity (Wildman–Crippen MR) is 108 cm³/mol. The van der Waals surface area contributed by atoms with E-state index in [-0.39, 0.29) is 10.8 Å². The molecule has 2 aromatic rings. The van der Waals surface area contributed by atoms with Crippen LogP contribution in [0.4, 0.5) is 5.69 Å². The summed E-state index contributed by atoms with van der Waals surface area (Å²) in [7, 11) is -3.62. The molecule has 1 heterocycles. The Kier molecular flexibility index (Phi) is 5.97. The van der Waals surface area contributed by atoms with Gasteiger partial charge in [-0.1, -0.05) is 38.1 Å². The van der Waals surface area contributed by atoms with Gasteiger partial charge in [-0.05, 0) is 55.0 Å². The van der Waals surface area contributed by atoms with Crippen LogP contribution in [0.5, 0.6) is 0 Å². The third kappa shape index (κ3) is 4.57. The molecule has 0 atom stereocenters. The first-order valence-electron chi connectivity index (χ1n) is 9.38. The summed E-state index contributed by atoms with van der Waals surface area (Å²) in [5.41, 5.74) is 2.45. The van der Waals surface area contributed by atoms with Gasteiger partial charge in [0.2, 0.25) is 10.0 Å². The van der Waals surface area contributed by atoms with Gasteiger partial charge >= 0.3 is 0 Å². The first-order chi connectivity index (χ1) is 12.9. The fourth-order valence-corrected chi connectivity index (χ4v) is 4.36. The number of aryl methyl sites for hydroxylation is 1. The number of hydrogen-bond donors (Lipinski definition) is 1. The normalized spacial score (nSPS) is 14.3. The predicted octanol–water partition coefficient (Wildman–Crippen LogP) is 3.60. The highest BCUT2D eigenvalue weighted by Gasteiger charge is 2.24. The molecule has 27 heavy (non-hydrogen) atoms. The first-order valence-corrected chi connectivity index (χ1v) is 10.9. The molecule has 0 bridgehead atoms. The number of amides is 1. The van der Waals surface area contributed by atoms with Crippen molar-refractivity contribution in [1.29, 1.82) is 0 Å². The zero-order valence-corrected chi connectivity index (χ0v) is 16.6. The molecule has 1 aliphatic heterocycles. The largest absolute Gasteiger partial charge is 0.308 e. The molecular weight excluding hydrogens is 360 g/mol. The van der Waals surface area contributed by atoms with E-state index >= 15 is 0 Å². The number of carbonyl (C=O) groups excluding carboxylic acids is 1. The summed E-state index contributed by atoms with van der Waals surface area (Å²) >= 11 is 0. The number of hydrogen-bond acceptors (Lipinski definition) is 3. The lowest BCUT2D eigenvalue weighted by Crippen LogP contribution is -2.35. The Hall–Kier alpha value is -2.18. The Bertz CT molecular complexity index is 923. The van der Waals surface area contributed by atoms with E-state index in [2.05, 4.69) is 4.72 Å². The maximum Gasteiger partial charge on any atom is 0.258 e. The lowest BCUT2D eigenvalue weighted by molar-refractivity contribution is 0.0985. The molecule has 1 aliphatic rings. The molecule has 0 aromatic heterocycles. The van der Waals surface area contributed by atoms with Crippen LogP contribution < -0.4 is 9.62 Å². The fourth-order valence-electron chi connectivity index (χ4n) is 3.26. The number of fused-ring (bicyclic) bond motifs is 1. The van der Waals surface area contributed by atoms with Crippen LogP contribution >= 0.6 is 0 Å². The van der Waals surface area contributed by atoms with Crippen LogP contribution in [-0.2, 0) is 16.4 Å². The Morgan fingerprint density at radius 2 is 1.93 bits per heavy atom. The number of benzene rings is 2. The van der Waals surface area contributed by atoms with E-state index in [1.165, 1.54) is 12.1 Å². The van der Waals surface area contributed by atoms with E-state index in [4.69, 9.17) is 0 Å². The van der Waals surface area contributed by atoms with Crippen LogP contribution in [-0.4, -0.2) is 27.4 Å². The molecule has 144 valence electrons. The average molecular weight is 387 g/mol. The van der Waals surface area contributed by atoms with Gasteiger partial charge in [0.15, 0.2) is 0 Å². The van der Waals surface area contributed by atoms with Crippen molar-refractivity contribution < 1.29 is 13.2 Å². The second-order valence-corrected chi connectivity index (χ2v) is 9.06. The van der Waals surface area contributed by atoms with Gasteiger partial charge in [-0.3, -0.25) is 4.79 Å². The maximum atomic E-state index is 13.1. The van der Waals surface area contributed by atoms with Crippen molar-refractivity contribution >= 4 is 21.6 Å². The van der Waals surface area contributed by atoms with Crippen molar-refractivity contribution in [2.45, 2.75) is 38.0 Å². The summed E-state index contributed by atoms with van der Waals surface area (Å²) in [6, 6.07) is 14.2. The molecule has 0 radical (unpaired) electrons. The molecule has 1 amide bonds. The molecule has 3 rings (SSSR count). The molecule has 0 aliphatic carbocycles. The summed E-state index contributed by atoms with van der Waals surface area (Å²) in [4.78, 5) is 14.9. The van der Waals surface area contributed by atoms with E-state index < -0.39 is 10.0 Å². The Morgan fingerprint density at radius 1 is 1.15 bits per heavy atom. The molecule has 0 saturated carbocycles. The highest BCUT2D eigenvalue weighted by Crippen LogP contribution is 2.28. The van der Waals surface area contributed by atoms with Gasteiger partial charge in [0.25, 0.3) is 5.91 Å². The molecule has 0 fully saturated rings. The number of rotatable bonds is 6. The van der Waals surface area contributed by atoms with Gasteiger partial charge in [-0.15, -0.1) is 0 Å². The van der Waals surface area contributed by atoms with Crippen molar-refractivity contribution in [3.05, 3.63) is 59.7 Å². The van der Waals surface area contributed by atoms with Gasteiger partial charge in [0, 0.05) is 24.3 Å². The summed E-state index contributed by atoms with van der Waals surface area (Å²) < 4.78 is 27.7. The maximum absolute atomic E-state index is 13.1. The molecule has 0 unspecified atom stereocenters. The minimum absolute atomic E-state index is 0.127. The van der Waals surface area contributed by atoms with E-state index in [0.717, 1.165) is 30.5 Å². The fraction of sp³-hybridized carbons (Fsp3) is 0.381. The molecule has 1 N–H and O–H groups in total. The van der Waals surface area contributed by atoms with Crippen LogP contribution in [0.2, 0.25) is 0 Å².